The Balaban J connectivity index is 2.35. The summed E-state index contributed by atoms with van der Waals surface area (Å²) in [5.41, 5.74) is 0. The van der Waals surface area contributed by atoms with Crippen molar-refractivity contribution in [3.63, 3.8) is 0 Å². The third-order valence-electron chi connectivity index (χ3n) is 2.77. The molecule has 1 heterocycles. The van der Waals surface area contributed by atoms with Crippen LogP contribution in [0.5, 0.6) is 5.75 Å². The number of nitrogens with one attached hydrogen (secondary N) is 1. The van der Waals surface area contributed by atoms with Crippen molar-refractivity contribution in [1.29, 1.82) is 0 Å². The van der Waals surface area contributed by atoms with Gasteiger partial charge in [-0.25, -0.2) is 0 Å². The lowest BCUT2D eigenvalue weighted by molar-refractivity contribution is -0.127. The van der Waals surface area contributed by atoms with Crippen molar-refractivity contribution < 1.29 is 9.53 Å². The van der Waals surface area contributed by atoms with Crippen LogP contribution >= 0.6 is 0 Å². The molecule has 0 aliphatic rings. The van der Waals surface area contributed by atoms with Crippen LogP contribution in [0.1, 0.15) is 40.5 Å². The van der Waals surface area contributed by atoms with Crippen molar-refractivity contribution in [3.8, 4) is 5.75 Å². The van der Waals surface area contributed by atoms with Crippen LogP contribution in [0.2, 0.25) is 0 Å². The predicted octanol–water partition coefficient (Wildman–Crippen LogP) is 2.22. The van der Waals surface area contributed by atoms with E-state index < -0.39 is 6.10 Å². The van der Waals surface area contributed by atoms with Gasteiger partial charge in [0.15, 0.2) is 11.9 Å². The molecule has 0 fully saturated rings. The minimum Gasteiger partial charge on any atom is -0.478 e. The van der Waals surface area contributed by atoms with Crippen LogP contribution in [0.4, 0.5) is 0 Å². The van der Waals surface area contributed by atoms with E-state index in [0.717, 1.165) is 19.4 Å². The molecule has 5 heteroatoms. The molecule has 1 rings (SSSR count). The van der Waals surface area contributed by atoms with Crippen LogP contribution in [0.3, 0.4) is 0 Å². The summed E-state index contributed by atoms with van der Waals surface area (Å²) in [6.45, 7) is 9.66. The van der Waals surface area contributed by atoms with Gasteiger partial charge in [-0.1, -0.05) is 20.8 Å². The summed E-state index contributed by atoms with van der Waals surface area (Å²) >= 11 is 0. The summed E-state index contributed by atoms with van der Waals surface area (Å²) in [5.74, 6) is 1.15. The molecule has 1 amide bonds. The first-order chi connectivity index (χ1) is 9.02. The molecule has 1 unspecified atom stereocenters. The average Bonchev–Trinajstić information content (AvgIpc) is 2.76. The smallest absolute Gasteiger partial charge is 0.260 e. The normalized spacial score (nSPS) is 12.5. The second-order valence-electron chi connectivity index (χ2n) is 5.17. The first-order valence-electron chi connectivity index (χ1n) is 6.99. The Morgan fingerprint density at radius 2 is 2.21 bits per heavy atom. The largest absolute Gasteiger partial charge is 0.478 e. The molecule has 1 aromatic rings. The van der Waals surface area contributed by atoms with E-state index in [1.54, 1.807) is 13.1 Å². The van der Waals surface area contributed by atoms with Gasteiger partial charge < -0.3 is 10.1 Å². The maximum Gasteiger partial charge on any atom is 0.260 e. The topological polar surface area (TPSA) is 56.1 Å². The summed E-state index contributed by atoms with van der Waals surface area (Å²) in [4.78, 5) is 11.8. The third-order valence-corrected chi connectivity index (χ3v) is 2.77. The lowest BCUT2D eigenvalue weighted by Crippen LogP contribution is -2.37. The van der Waals surface area contributed by atoms with Gasteiger partial charge >= 0.3 is 0 Å². The quantitative estimate of drug-likeness (QED) is 0.785. The number of amides is 1. The van der Waals surface area contributed by atoms with Gasteiger partial charge in [0.1, 0.15) is 0 Å². The highest BCUT2D eigenvalue weighted by Crippen LogP contribution is 2.11. The van der Waals surface area contributed by atoms with Gasteiger partial charge in [-0.05, 0) is 25.7 Å². The number of rotatable bonds is 8. The highest BCUT2D eigenvalue weighted by molar-refractivity contribution is 5.80. The molecule has 19 heavy (non-hydrogen) atoms. The van der Waals surface area contributed by atoms with Crippen LogP contribution in [-0.4, -0.2) is 28.3 Å². The van der Waals surface area contributed by atoms with Crippen LogP contribution in [0.15, 0.2) is 12.4 Å². The third kappa shape index (κ3) is 5.77. The minimum atomic E-state index is -0.494. The number of carbonyl (C=O) groups excluding carboxylic acids is 1. The molecule has 0 saturated heterocycles. The second kappa shape index (κ2) is 7.81. The van der Waals surface area contributed by atoms with E-state index in [1.807, 2.05) is 10.9 Å². The summed E-state index contributed by atoms with van der Waals surface area (Å²) < 4.78 is 7.38. The number of aryl methyl sites for hydroxylation is 1. The van der Waals surface area contributed by atoms with Crippen molar-refractivity contribution in [2.24, 2.45) is 5.92 Å². The lowest BCUT2D eigenvalue weighted by Gasteiger charge is -2.13. The first kappa shape index (κ1) is 15.5. The molecule has 5 nitrogen and oxygen atoms in total. The average molecular weight is 267 g/mol. The molecule has 108 valence electrons. The van der Waals surface area contributed by atoms with Gasteiger partial charge in [0.05, 0.1) is 12.4 Å². The monoisotopic (exact) mass is 267 g/mol. The molecule has 0 aromatic carbocycles. The summed E-state index contributed by atoms with van der Waals surface area (Å²) in [5, 5.41) is 7.04. The van der Waals surface area contributed by atoms with Crippen molar-refractivity contribution in [2.45, 2.75) is 53.2 Å². The number of nitrogens with zero attached hydrogens (tertiary/aromatic N) is 2. The van der Waals surface area contributed by atoms with Gasteiger partial charge in [-0.2, -0.15) is 5.10 Å². The number of hydrogen-bond donors (Lipinski definition) is 1. The summed E-state index contributed by atoms with van der Waals surface area (Å²) in [6, 6.07) is 0. The van der Waals surface area contributed by atoms with Gasteiger partial charge in [-0.3, -0.25) is 9.48 Å². The van der Waals surface area contributed by atoms with Crippen LogP contribution in [-0.2, 0) is 11.3 Å². The minimum absolute atomic E-state index is 0.0797. The molecule has 0 spiro atoms. The SMILES string of the molecule is CCCn1cc(OC(C)C(=O)NCCC(C)C)cn1. The van der Waals surface area contributed by atoms with Crippen LogP contribution in [0, 0.1) is 5.92 Å². The van der Waals surface area contributed by atoms with Crippen molar-refractivity contribution in [3.05, 3.63) is 12.4 Å². The Morgan fingerprint density at radius 1 is 1.47 bits per heavy atom. The molecular weight excluding hydrogens is 242 g/mol. The fourth-order valence-electron chi connectivity index (χ4n) is 1.64. The van der Waals surface area contributed by atoms with E-state index in [-0.39, 0.29) is 5.91 Å². The molecule has 0 bridgehead atoms. The highest BCUT2D eigenvalue weighted by atomic mass is 16.5. The number of carbonyl (C=O) groups is 1. The Morgan fingerprint density at radius 3 is 2.84 bits per heavy atom. The van der Waals surface area contributed by atoms with Crippen molar-refractivity contribution in [2.75, 3.05) is 6.54 Å². The number of hydrogen-bond acceptors (Lipinski definition) is 3. The molecule has 0 aliphatic carbocycles. The lowest BCUT2D eigenvalue weighted by atomic mass is 10.1. The van der Waals surface area contributed by atoms with Crippen LogP contribution < -0.4 is 10.1 Å². The molecular formula is C14H25N3O2. The van der Waals surface area contributed by atoms with E-state index in [4.69, 9.17) is 4.74 Å². The van der Waals surface area contributed by atoms with E-state index in [2.05, 4.69) is 31.2 Å². The van der Waals surface area contributed by atoms with E-state index >= 15 is 0 Å². The van der Waals surface area contributed by atoms with E-state index in [0.29, 0.717) is 18.2 Å². The number of ether oxygens (including phenoxy) is 1. The maximum absolute atomic E-state index is 11.8. The molecule has 1 N–H and O–H groups in total. The van der Waals surface area contributed by atoms with Crippen molar-refractivity contribution in [1.82, 2.24) is 15.1 Å². The molecule has 0 saturated carbocycles. The Bertz CT molecular complexity index is 388. The first-order valence-corrected chi connectivity index (χ1v) is 6.99. The summed E-state index contributed by atoms with van der Waals surface area (Å²) in [6.07, 6.45) is 4.97. The van der Waals surface area contributed by atoms with Crippen LogP contribution in [0.25, 0.3) is 0 Å². The van der Waals surface area contributed by atoms with Gasteiger partial charge in [-0.15, -0.1) is 0 Å². The second-order valence-corrected chi connectivity index (χ2v) is 5.17. The molecule has 0 radical (unpaired) electrons. The number of aromatic nitrogens is 2. The molecule has 1 aromatic heterocycles. The fourth-order valence-corrected chi connectivity index (χ4v) is 1.64. The van der Waals surface area contributed by atoms with Gasteiger partial charge in [0.25, 0.3) is 5.91 Å². The van der Waals surface area contributed by atoms with Gasteiger partial charge in [0, 0.05) is 13.1 Å². The maximum atomic E-state index is 11.8. The summed E-state index contributed by atoms with van der Waals surface area (Å²) in [7, 11) is 0. The Kier molecular flexibility index (Phi) is 6.39. The Labute approximate surface area is 115 Å². The Hall–Kier alpha value is -1.52. The molecule has 0 aliphatic heterocycles. The zero-order valence-corrected chi connectivity index (χ0v) is 12.3. The van der Waals surface area contributed by atoms with E-state index in [1.165, 1.54) is 0 Å². The predicted molar refractivity (Wildman–Crippen MR) is 75.1 cm³/mol. The molecule has 1 atom stereocenters. The van der Waals surface area contributed by atoms with E-state index in [9.17, 15) is 4.79 Å². The zero-order chi connectivity index (χ0) is 14.3. The fraction of sp³-hybridized carbons (Fsp3) is 0.714. The van der Waals surface area contributed by atoms with Crippen molar-refractivity contribution >= 4 is 5.91 Å². The van der Waals surface area contributed by atoms with Gasteiger partial charge in [0.2, 0.25) is 0 Å². The highest BCUT2D eigenvalue weighted by Gasteiger charge is 2.14. The zero-order valence-electron chi connectivity index (χ0n) is 12.3. The standard InChI is InChI=1S/C14H25N3O2/c1-5-8-17-10-13(9-16-17)19-12(4)14(18)15-7-6-11(2)3/h9-12H,5-8H2,1-4H3,(H,15,18).